The van der Waals surface area contributed by atoms with Crippen molar-refractivity contribution in [1.82, 2.24) is 5.32 Å². The van der Waals surface area contributed by atoms with Crippen molar-refractivity contribution < 1.29 is 13.2 Å². The third kappa shape index (κ3) is 5.09. The third-order valence-electron chi connectivity index (χ3n) is 3.18. The summed E-state index contributed by atoms with van der Waals surface area (Å²) in [5.41, 5.74) is 0.0884. The summed E-state index contributed by atoms with van der Waals surface area (Å²) < 4.78 is 38.9. The summed E-state index contributed by atoms with van der Waals surface area (Å²) in [4.78, 5) is 0. The maximum absolute atomic E-state index is 12.9. The van der Waals surface area contributed by atoms with Gasteiger partial charge in [-0.25, -0.2) is 0 Å². The van der Waals surface area contributed by atoms with Crippen molar-refractivity contribution in [2.24, 2.45) is 5.92 Å². The van der Waals surface area contributed by atoms with Gasteiger partial charge in [0.2, 0.25) is 0 Å². The summed E-state index contributed by atoms with van der Waals surface area (Å²) in [7, 11) is 0. The number of hydrogen-bond acceptors (Lipinski definition) is 1. The summed E-state index contributed by atoms with van der Waals surface area (Å²) in [6.07, 6.45) is -2.51. The molecule has 114 valence electrons. The fraction of sp³-hybridized carbons (Fsp3) is 0.600. The van der Waals surface area contributed by atoms with E-state index in [1.54, 1.807) is 6.07 Å². The van der Waals surface area contributed by atoms with Gasteiger partial charge in [-0.2, -0.15) is 13.2 Å². The van der Waals surface area contributed by atoms with Gasteiger partial charge in [-0.05, 0) is 43.0 Å². The van der Waals surface area contributed by atoms with Crippen molar-refractivity contribution >= 4 is 15.9 Å². The third-order valence-corrected chi connectivity index (χ3v) is 3.87. The molecule has 0 aliphatic carbocycles. The minimum atomic E-state index is -4.33. The van der Waals surface area contributed by atoms with E-state index in [0.717, 1.165) is 19.4 Å². The molecule has 0 aromatic heterocycles. The van der Waals surface area contributed by atoms with Crippen LogP contribution in [0.3, 0.4) is 0 Å². The van der Waals surface area contributed by atoms with Crippen LogP contribution in [0.25, 0.3) is 0 Å². The monoisotopic (exact) mass is 351 g/mol. The zero-order valence-corrected chi connectivity index (χ0v) is 13.6. The lowest BCUT2D eigenvalue weighted by atomic mass is 9.96. The fourth-order valence-corrected chi connectivity index (χ4v) is 2.58. The summed E-state index contributed by atoms with van der Waals surface area (Å²) in [5.74, 6) is 0.536. The van der Waals surface area contributed by atoms with Crippen molar-refractivity contribution in [3.63, 3.8) is 0 Å². The molecule has 0 aliphatic heterocycles. The molecule has 0 spiro atoms. The van der Waals surface area contributed by atoms with E-state index in [9.17, 15) is 13.2 Å². The van der Waals surface area contributed by atoms with E-state index in [1.165, 1.54) is 12.1 Å². The Balaban J connectivity index is 3.02. The Hall–Kier alpha value is -0.550. The van der Waals surface area contributed by atoms with Gasteiger partial charge in [0, 0.05) is 10.5 Å². The molecule has 0 saturated carbocycles. The average Bonchev–Trinajstić information content (AvgIpc) is 2.33. The molecule has 1 rings (SSSR count). The smallest absolute Gasteiger partial charge is 0.310 e. The Morgan fingerprint density at radius 1 is 1.20 bits per heavy atom. The van der Waals surface area contributed by atoms with Gasteiger partial charge in [0.1, 0.15) is 0 Å². The Morgan fingerprint density at radius 3 is 2.35 bits per heavy atom. The van der Waals surface area contributed by atoms with Gasteiger partial charge in [0.15, 0.2) is 0 Å². The molecular formula is C15H21BrF3N. The predicted octanol–water partition coefficient (Wildman–Crippen LogP) is 5.55. The van der Waals surface area contributed by atoms with E-state index in [2.05, 4.69) is 35.1 Å². The van der Waals surface area contributed by atoms with Crippen LogP contribution in [0.15, 0.2) is 22.7 Å². The average molecular weight is 352 g/mol. The second-order valence-electron chi connectivity index (χ2n) is 5.32. The minimum Gasteiger partial charge on any atom is -0.310 e. The van der Waals surface area contributed by atoms with Crippen LogP contribution in [0.2, 0.25) is 0 Å². The largest absolute Gasteiger partial charge is 0.417 e. The normalized spacial score (nSPS) is 13.8. The lowest BCUT2D eigenvalue weighted by Gasteiger charge is -2.21. The van der Waals surface area contributed by atoms with Crippen LogP contribution < -0.4 is 5.32 Å². The van der Waals surface area contributed by atoms with E-state index in [-0.39, 0.29) is 10.5 Å². The molecule has 0 radical (unpaired) electrons. The fourth-order valence-electron chi connectivity index (χ4n) is 2.11. The number of alkyl halides is 3. The van der Waals surface area contributed by atoms with E-state index >= 15 is 0 Å². The second-order valence-corrected chi connectivity index (χ2v) is 6.17. The molecule has 0 aliphatic rings. The maximum atomic E-state index is 12.9. The summed E-state index contributed by atoms with van der Waals surface area (Å²) >= 11 is 2.98. The van der Waals surface area contributed by atoms with Gasteiger partial charge in [0.25, 0.3) is 0 Å². The first-order chi connectivity index (χ1) is 9.25. The quantitative estimate of drug-likeness (QED) is 0.707. The van der Waals surface area contributed by atoms with E-state index in [0.29, 0.717) is 11.5 Å². The van der Waals surface area contributed by atoms with Crippen molar-refractivity contribution in [2.45, 2.75) is 45.8 Å². The Labute approximate surface area is 127 Å². The van der Waals surface area contributed by atoms with Crippen LogP contribution in [-0.4, -0.2) is 6.54 Å². The zero-order chi connectivity index (χ0) is 15.3. The summed E-state index contributed by atoms with van der Waals surface area (Å²) in [6.45, 7) is 6.93. The standard InChI is InChI=1S/C15H21BrF3N/c1-4-20-14(8-5-10(2)3)11-6-7-13(16)12(9-11)15(17,18)19/h6-7,9-10,14,20H,4-5,8H2,1-3H3. The Morgan fingerprint density at radius 2 is 1.85 bits per heavy atom. The van der Waals surface area contributed by atoms with Crippen LogP contribution in [0.4, 0.5) is 13.2 Å². The maximum Gasteiger partial charge on any atom is 0.417 e. The first kappa shape index (κ1) is 17.5. The van der Waals surface area contributed by atoms with Crippen LogP contribution >= 0.6 is 15.9 Å². The van der Waals surface area contributed by atoms with Gasteiger partial charge in [-0.1, -0.05) is 42.8 Å². The number of benzene rings is 1. The molecule has 0 bridgehead atoms. The highest BCUT2D eigenvalue weighted by molar-refractivity contribution is 9.10. The van der Waals surface area contributed by atoms with Crippen LogP contribution in [-0.2, 0) is 6.18 Å². The number of halogens is 4. The van der Waals surface area contributed by atoms with Crippen LogP contribution in [0.1, 0.15) is 50.8 Å². The van der Waals surface area contributed by atoms with Crippen molar-refractivity contribution in [2.75, 3.05) is 6.54 Å². The summed E-state index contributed by atoms with van der Waals surface area (Å²) in [5, 5.41) is 3.27. The predicted molar refractivity (Wildman–Crippen MR) is 79.6 cm³/mol. The molecule has 0 amide bonds. The highest BCUT2D eigenvalue weighted by Gasteiger charge is 2.33. The molecule has 0 saturated heterocycles. The van der Waals surface area contributed by atoms with Crippen molar-refractivity contribution in [3.8, 4) is 0 Å². The van der Waals surface area contributed by atoms with Crippen LogP contribution in [0.5, 0.6) is 0 Å². The molecule has 1 N–H and O–H groups in total. The first-order valence-corrected chi connectivity index (χ1v) is 7.65. The minimum absolute atomic E-state index is 0.0309. The molecule has 1 aromatic carbocycles. The molecule has 1 nitrogen and oxygen atoms in total. The van der Waals surface area contributed by atoms with E-state index in [4.69, 9.17) is 0 Å². The zero-order valence-electron chi connectivity index (χ0n) is 12.0. The van der Waals surface area contributed by atoms with Crippen molar-refractivity contribution in [1.29, 1.82) is 0 Å². The van der Waals surface area contributed by atoms with Gasteiger partial charge in [-0.3, -0.25) is 0 Å². The topological polar surface area (TPSA) is 12.0 Å². The highest BCUT2D eigenvalue weighted by atomic mass is 79.9. The van der Waals surface area contributed by atoms with E-state index in [1.807, 2.05) is 6.92 Å². The van der Waals surface area contributed by atoms with Gasteiger partial charge >= 0.3 is 6.18 Å². The lowest BCUT2D eigenvalue weighted by molar-refractivity contribution is -0.138. The molecule has 0 heterocycles. The molecule has 1 unspecified atom stereocenters. The Kier molecular flexibility index (Phi) is 6.52. The lowest BCUT2D eigenvalue weighted by Crippen LogP contribution is -2.22. The molecule has 5 heteroatoms. The first-order valence-electron chi connectivity index (χ1n) is 6.85. The number of hydrogen-bond donors (Lipinski definition) is 1. The van der Waals surface area contributed by atoms with E-state index < -0.39 is 11.7 Å². The molecule has 0 fully saturated rings. The van der Waals surface area contributed by atoms with Crippen molar-refractivity contribution in [3.05, 3.63) is 33.8 Å². The molecule has 1 atom stereocenters. The highest BCUT2D eigenvalue weighted by Crippen LogP contribution is 2.36. The number of nitrogens with one attached hydrogen (secondary N) is 1. The van der Waals surface area contributed by atoms with Gasteiger partial charge < -0.3 is 5.32 Å². The summed E-state index contributed by atoms with van der Waals surface area (Å²) in [6, 6.07) is 4.46. The molecule has 1 aromatic rings. The van der Waals surface area contributed by atoms with Gasteiger partial charge in [-0.15, -0.1) is 0 Å². The second kappa shape index (κ2) is 7.46. The molecule has 20 heavy (non-hydrogen) atoms. The Bertz CT molecular complexity index is 430. The number of rotatable bonds is 6. The SMILES string of the molecule is CCNC(CCC(C)C)c1ccc(Br)c(C(F)(F)F)c1. The van der Waals surface area contributed by atoms with Gasteiger partial charge in [0.05, 0.1) is 5.56 Å². The van der Waals surface area contributed by atoms with Crippen LogP contribution in [0, 0.1) is 5.92 Å². The molecular weight excluding hydrogens is 331 g/mol.